The van der Waals surface area contributed by atoms with Crippen LogP contribution in [-0.2, 0) is 4.74 Å². The molecule has 0 aromatic carbocycles. The van der Waals surface area contributed by atoms with Crippen molar-refractivity contribution in [1.82, 2.24) is 19.9 Å². The number of carbonyl (C=O) groups is 1. The van der Waals surface area contributed by atoms with Crippen LogP contribution in [-0.4, -0.2) is 52.2 Å². The molecule has 22 heavy (non-hydrogen) atoms. The molecule has 9 heteroatoms. The first-order valence-corrected chi connectivity index (χ1v) is 7.77. The third kappa shape index (κ3) is 3.12. The monoisotopic (exact) mass is 340 g/mol. The molecule has 2 aromatic rings. The highest BCUT2D eigenvalue weighted by Crippen LogP contribution is 2.25. The molecule has 2 aromatic heterocycles. The molecule has 0 saturated carbocycles. The van der Waals surface area contributed by atoms with Gasteiger partial charge in [-0.15, -0.1) is 11.3 Å². The highest BCUT2D eigenvalue weighted by Gasteiger charge is 2.33. The molecule has 0 atom stereocenters. The fraction of sp³-hybridized carbons (Fsp3) is 0.385. The molecule has 0 aliphatic carbocycles. The van der Waals surface area contributed by atoms with E-state index < -0.39 is 0 Å². The number of halogens is 1. The lowest BCUT2D eigenvalue weighted by atomic mass is 10.2. The number of amides is 1. The standard InChI is InChI=1S/C13H13ClN4O3S/c1-7-6-22-12(15-7)11-16-9(14)3-10(17-11)21-8-4-18(5-8)13(19)20-2/h3,6,8H,4-5H2,1-2H3. The fourth-order valence-electron chi connectivity index (χ4n) is 1.97. The summed E-state index contributed by atoms with van der Waals surface area (Å²) in [6.45, 7) is 2.82. The molecular formula is C13H13ClN4O3S. The summed E-state index contributed by atoms with van der Waals surface area (Å²) in [7, 11) is 1.35. The van der Waals surface area contributed by atoms with Gasteiger partial charge >= 0.3 is 6.09 Å². The highest BCUT2D eigenvalue weighted by atomic mass is 35.5. The summed E-state index contributed by atoms with van der Waals surface area (Å²) < 4.78 is 10.3. The number of hydrogen-bond donors (Lipinski definition) is 0. The van der Waals surface area contributed by atoms with Crippen molar-refractivity contribution >= 4 is 29.0 Å². The Bertz CT molecular complexity index is 702. The van der Waals surface area contributed by atoms with Crippen LogP contribution in [0.1, 0.15) is 5.69 Å². The summed E-state index contributed by atoms with van der Waals surface area (Å²) in [6.07, 6.45) is -0.490. The minimum absolute atomic E-state index is 0.129. The number of aryl methyl sites for hydroxylation is 1. The predicted molar refractivity (Wildman–Crippen MR) is 81.3 cm³/mol. The maximum atomic E-state index is 11.3. The van der Waals surface area contributed by atoms with Gasteiger partial charge in [-0.25, -0.2) is 14.8 Å². The molecule has 116 valence electrons. The highest BCUT2D eigenvalue weighted by molar-refractivity contribution is 7.13. The molecule has 0 N–H and O–H groups in total. The molecule has 1 aliphatic heterocycles. The van der Waals surface area contributed by atoms with E-state index in [0.29, 0.717) is 29.8 Å². The van der Waals surface area contributed by atoms with E-state index in [1.807, 2.05) is 12.3 Å². The van der Waals surface area contributed by atoms with Gasteiger partial charge in [-0.05, 0) is 6.92 Å². The Labute approximate surface area is 135 Å². The number of hydrogen-bond acceptors (Lipinski definition) is 7. The number of ether oxygens (including phenoxy) is 2. The van der Waals surface area contributed by atoms with E-state index >= 15 is 0 Å². The molecule has 1 fully saturated rings. The van der Waals surface area contributed by atoms with E-state index in [4.69, 9.17) is 16.3 Å². The first kappa shape index (κ1) is 15.0. The zero-order chi connectivity index (χ0) is 15.7. The number of likely N-dealkylation sites (tertiary alicyclic amines) is 1. The molecule has 1 amide bonds. The molecule has 0 spiro atoms. The SMILES string of the molecule is COC(=O)N1CC(Oc2cc(Cl)nc(-c3nc(C)cs3)n2)C1. The Morgan fingerprint density at radius 3 is 2.82 bits per heavy atom. The smallest absolute Gasteiger partial charge is 0.409 e. The summed E-state index contributed by atoms with van der Waals surface area (Å²) in [5, 5.41) is 2.90. The quantitative estimate of drug-likeness (QED) is 0.798. The van der Waals surface area contributed by atoms with Crippen molar-refractivity contribution in [2.45, 2.75) is 13.0 Å². The lowest BCUT2D eigenvalue weighted by molar-refractivity contribution is 0.0161. The van der Waals surface area contributed by atoms with E-state index in [9.17, 15) is 4.79 Å². The first-order valence-electron chi connectivity index (χ1n) is 6.52. The molecule has 1 aliphatic rings. The van der Waals surface area contributed by atoms with Crippen molar-refractivity contribution in [2.75, 3.05) is 20.2 Å². The van der Waals surface area contributed by atoms with Crippen LogP contribution in [0.3, 0.4) is 0 Å². The Morgan fingerprint density at radius 1 is 1.41 bits per heavy atom. The Kier molecular flexibility index (Phi) is 4.12. The number of thiazole rings is 1. The summed E-state index contributed by atoms with van der Waals surface area (Å²) in [5.74, 6) is 0.808. The van der Waals surface area contributed by atoms with E-state index in [-0.39, 0.29) is 17.4 Å². The molecular weight excluding hydrogens is 328 g/mol. The van der Waals surface area contributed by atoms with Crippen molar-refractivity contribution in [3.63, 3.8) is 0 Å². The summed E-state index contributed by atoms with van der Waals surface area (Å²) in [4.78, 5) is 25.6. The summed E-state index contributed by atoms with van der Waals surface area (Å²) >= 11 is 7.46. The lowest BCUT2D eigenvalue weighted by Gasteiger charge is -2.37. The second-order valence-corrected chi connectivity index (χ2v) is 6.01. The van der Waals surface area contributed by atoms with Crippen molar-refractivity contribution in [3.8, 4) is 16.7 Å². The number of carbonyl (C=O) groups excluding carboxylic acids is 1. The van der Waals surface area contributed by atoms with Gasteiger partial charge in [0.15, 0.2) is 10.8 Å². The van der Waals surface area contributed by atoms with Crippen LogP contribution in [0.5, 0.6) is 5.88 Å². The average molecular weight is 341 g/mol. The Hall–Kier alpha value is -1.93. The van der Waals surface area contributed by atoms with E-state index in [1.165, 1.54) is 18.4 Å². The number of rotatable bonds is 3. The van der Waals surface area contributed by atoms with Gasteiger partial charge < -0.3 is 14.4 Å². The zero-order valence-corrected chi connectivity index (χ0v) is 13.5. The van der Waals surface area contributed by atoms with Gasteiger partial charge in [0.05, 0.1) is 20.2 Å². The van der Waals surface area contributed by atoms with Gasteiger partial charge in [0.25, 0.3) is 0 Å². The fourth-order valence-corrected chi connectivity index (χ4v) is 2.87. The van der Waals surface area contributed by atoms with Crippen molar-refractivity contribution in [3.05, 3.63) is 22.3 Å². The number of aromatic nitrogens is 3. The van der Waals surface area contributed by atoms with Gasteiger partial charge in [-0.3, -0.25) is 0 Å². The summed E-state index contributed by atoms with van der Waals surface area (Å²) in [5.41, 5.74) is 0.902. The topological polar surface area (TPSA) is 77.4 Å². The zero-order valence-electron chi connectivity index (χ0n) is 11.9. The summed E-state index contributed by atoms with van der Waals surface area (Å²) in [6, 6.07) is 1.55. The van der Waals surface area contributed by atoms with Crippen LogP contribution >= 0.6 is 22.9 Å². The van der Waals surface area contributed by atoms with Crippen LogP contribution in [0.25, 0.3) is 10.8 Å². The van der Waals surface area contributed by atoms with Crippen LogP contribution in [0, 0.1) is 6.92 Å². The van der Waals surface area contributed by atoms with Gasteiger partial charge in [0.2, 0.25) is 5.88 Å². The van der Waals surface area contributed by atoms with Gasteiger partial charge in [-0.2, -0.15) is 4.98 Å². The van der Waals surface area contributed by atoms with Crippen LogP contribution in [0.2, 0.25) is 5.15 Å². The van der Waals surface area contributed by atoms with E-state index in [1.54, 1.807) is 11.0 Å². The average Bonchev–Trinajstić information content (AvgIpc) is 2.88. The van der Waals surface area contributed by atoms with Crippen LogP contribution in [0.4, 0.5) is 4.79 Å². The van der Waals surface area contributed by atoms with Gasteiger partial charge in [0, 0.05) is 17.1 Å². The normalized spacial score (nSPS) is 14.6. The maximum Gasteiger partial charge on any atom is 0.409 e. The van der Waals surface area contributed by atoms with E-state index in [2.05, 4.69) is 19.7 Å². The third-order valence-corrected chi connectivity index (χ3v) is 4.20. The van der Waals surface area contributed by atoms with Crippen LogP contribution < -0.4 is 4.74 Å². The molecule has 3 heterocycles. The predicted octanol–water partition coefficient (Wildman–Crippen LogP) is 2.39. The molecule has 3 rings (SSSR count). The molecule has 0 bridgehead atoms. The number of methoxy groups -OCH3 is 1. The molecule has 0 unspecified atom stereocenters. The Balaban J connectivity index is 1.70. The molecule has 0 radical (unpaired) electrons. The lowest BCUT2D eigenvalue weighted by Crippen LogP contribution is -2.56. The van der Waals surface area contributed by atoms with Crippen LogP contribution in [0.15, 0.2) is 11.4 Å². The molecule has 7 nitrogen and oxygen atoms in total. The third-order valence-electron chi connectivity index (χ3n) is 3.05. The first-order chi connectivity index (χ1) is 10.5. The minimum atomic E-state index is -0.362. The van der Waals surface area contributed by atoms with Crippen molar-refractivity contribution in [1.29, 1.82) is 0 Å². The van der Waals surface area contributed by atoms with Gasteiger partial charge in [-0.1, -0.05) is 11.6 Å². The molecule has 1 saturated heterocycles. The second kappa shape index (κ2) is 6.05. The van der Waals surface area contributed by atoms with Gasteiger partial charge in [0.1, 0.15) is 11.3 Å². The van der Waals surface area contributed by atoms with E-state index in [0.717, 1.165) is 5.69 Å². The minimum Gasteiger partial charge on any atom is -0.470 e. The van der Waals surface area contributed by atoms with Crippen molar-refractivity contribution in [2.24, 2.45) is 0 Å². The Morgan fingerprint density at radius 2 is 2.18 bits per heavy atom. The van der Waals surface area contributed by atoms with Crippen molar-refractivity contribution < 1.29 is 14.3 Å². The second-order valence-electron chi connectivity index (χ2n) is 4.76. The maximum absolute atomic E-state index is 11.3. The number of nitrogens with zero attached hydrogens (tertiary/aromatic N) is 4. The largest absolute Gasteiger partial charge is 0.470 e.